The fourth-order valence-electron chi connectivity index (χ4n) is 3.64. The molecule has 5 rings (SSSR count). The molecule has 0 aliphatic heterocycles. The van der Waals surface area contributed by atoms with Gasteiger partial charge >= 0.3 is 0 Å². The standard InChI is InChI=1S/C23H14N2O2/c26-25(27)18-11-12-20-19-7-3-4-8-21(19)23(22(20)14-18)24-17-10-9-15-5-1-2-6-16(15)13-17/h1-14H. The van der Waals surface area contributed by atoms with E-state index in [1.807, 2.05) is 60.7 Å². The van der Waals surface area contributed by atoms with Crippen molar-refractivity contribution >= 4 is 27.9 Å². The molecule has 1 aliphatic carbocycles. The molecule has 0 amide bonds. The Morgan fingerprint density at radius 3 is 2.19 bits per heavy atom. The maximum absolute atomic E-state index is 11.3. The first kappa shape index (κ1) is 15.5. The number of nitro benzene ring substituents is 1. The molecule has 0 bridgehead atoms. The first-order chi connectivity index (χ1) is 13.2. The van der Waals surface area contributed by atoms with Crippen LogP contribution < -0.4 is 0 Å². The lowest BCUT2D eigenvalue weighted by molar-refractivity contribution is -0.384. The molecule has 0 aromatic heterocycles. The summed E-state index contributed by atoms with van der Waals surface area (Å²) in [6, 6.07) is 27.2. The van der Waals surface area contributed by atoms with E-state index in [4.69, 9.17) is 4.99 Å². The Hall–Kier alpha value is -3.79. The summed E-state index contributed by atoms with van der Waals surface area (Å²) in [6.07, 6.45) is 0. The van der Waals surface area contributed by atoms with Gasteiger partial charge in [0.15, 0.2) is 0 Å². The molecule has 4 aromatic carbocycles. The summed E-state index contributed by atoms with van der Waals surface area (Å²) in [7, 11) is 0. The Kier molecular flexibility index (Phi) is 3.37. The second kappa shape index (κ2) is 5.88. The minimum Gasteiger partial charge on any atom is -0.258 e. The molecule has 0 unspecified atom stereocenters. The monoisotopic (exact) mass is 350 g/mol. The Balaban J connectivity index is 1.74. The van der Waals surface area contributed by atoms with Crippen molar-refractivity contribution in [1.82, 2.24) is 0 Å². The number of rotatable bonds is 2. The number of aliphatic imine (C=N–C) groups is 1. The zero-order chi connectivity index (χ0) is 18.4. The van der Waals surface area contributed by atoms with Crippen molar-refractivity contribution in [3.63, 3.8) is 0 Å². The highest BCUT2D eigenvalue weighted by Crippen LogP contribution is 2.39. The number of fused-ring (bicyclic) bond motifs is 4. The van der Waals surface area contributed by atoms with E-state index >= 15 is 0 Å². The Labute approximate surface area is 155 Å². The summed E-state index contributed by atoms with van der Waals surface area (Å²) in [5.74, 6) is 0. The highest BCUT2D eigenvalue weighted by molar-refractivity contribution is 6.25. The van der Waals surface area contributed by atoms with Gasteiger partial charge in [-0.3, -0.25) is 10.1 Å². The lowest BCUT2D eigenvalue weighted by Crippen LogP contribution is -1.99. The number of non-ortho nitro benzene ring substituents is 1. The van der Waals surface area contributed by atoms with Gasteiger partial charge < -0.3 is 0 Å². The predicted octanol–water partition coefficient (Wildman–Crippen LogP) is 5.90. The lowest BCUT2D eigenvalue weighted by Gasteiger charge is -2.04. The molecule has 4 aromatic rings. The smallest absolute Gasteiger partial charge is 0.258 e. The van der Waals surface area contributed by atoms with Crippen LogP contribution in [0.4, 0.5) is 11.4 Å². The van der Waals surface area contributed by atoms with Crippen molar-refractivity contribution in [2.45, 2.75) is 0 Å². The van der Waals surface area contributed by atoms with Crippen LogP contribution in [0.25, 0.3) is 21.9 Å². The fourth-order valence-corrected chi connectivity index (χ4v) is 3.64. The number of hydrogen-bond acceptors (Lipinski definition) is 3. The second-order valence-corrected chi connectivity index (χ2v) is 6.52. The predicted molar refractivity (Wildman–Crippen MR) is 108 cm³/mol. The van der Waals surface area contributed by atoms with Crippen LogP contribution in [0, 0.1) is 10.1 Å². The summed E-state index contributed by atoms with van der Waals surface area (Å²) in [5.41, 5.74) is 5.53. The third-order valence-corrected chi connectivity index (χ3v) is 4.92. The molecule has 27 heavy (non-hydrogen) atoms. The number of benzene rings is 4. The van der Waals surface area contributed by atoms with Gasteiger partial charge in [-0.2, -0.15) is 0 Å². The third-order valence-electron chi connectivity index (χ3n) is 4.92. The van der Waals surface area contributed by atoms with Crippen LogP contribution in [-0.4, -0.2) is 10.6 Å². The molecule has 0 fully saturated rings. The molecule has 0 radical (unpaired) electrons. The highest BCUT2D eigenvalue weighted by atomic mass is 16.6. The van der Waals surface area contributed by atoms with E-state index in [0.29, 0.717) is 0 Å². The van der Waals surface area contributed by atoms with E-state index < -0.39 is 0 Å². The van der Waals surface area contributed by atoms with E-state index in [1.54, 1.807) is 12.1 Å². The number of nitrogens with zero attached hydrogens (tertiary/aromatic N) is 2. The Morgan fingerprint density at radius 1 is 0.667 bits per heavy atom. The molecule has 0 N–H and O–H groups in total. The topological polar surface area (TPSA) is 55.5 Å². The Bertz CT molecular complexity index is 1260. The van der Waals surface area contributed by atoms with Crippen LogP contribution in [0.15, 0.2) is 89.9 Å². The van der Waals surface area contributed by atoms with Gasteiger partial charge in [-0.05, 0) is 40.1 Å². The molecular weight excluding hydrogens is 336 g/mol. The molecule has 0 saturated heterocycles. The maximum atomic E-state index is 11.3. The van der Waals surface area contributed by atoms with Gasteiger partial charge in [0.2, 0.25) is 0 Å². The zero-order valence-corrected chi connectivity index (χ0v) is 14.3. The zero-order valence-electron chi connectivity index (χ0n) is 14.3. The van der Waals surface area contributed by atoms with E-state index in [9.17, 15) is 10.1 Å². The highest BCUT2D eigenvalue weighted by Gasteiger charge is 2.26. The first-order valence-corrected chi connectivity index (χ1v) is 8.67. The van der Waals surface area contributed by atoms with Crippen LogP contribution in [0.5, 0.6) is 0 Å². The van der Waals surface area contributed by atoms with Crippen molar-refractivity contribution in [3.05, 3.63) is 106 Å². The third kappa shape index (κ3) is 2.50. The van der Waals surface area contributed by atoms with Crippen LogP contribution in [-0.2, 0) is 0 Å². The first-order valence-electron chi connectivity index (χ1n) is 8.67. The van der Waals surface area contributed by atoms with Crippen molar-refractivity contribution in [3.8, 4) is 11.1 Å². The lowest BCUT2D eigenvalue weighted by atomic mass is 10.1. The van der Waals surface area contributed by atoms with E-state index in [0.717, 1.165) is 44.4 Å². The van der Waals surface area contributed by atoms with Gasteiger partial charge in [-0.15, -0.1) is 0 Å². The second-order valence-electron chi connectivity index (χ2n) is 6.52. The largest absolute Gasteiger partial charge is 0.270 e. The summed E-state index contributed by atoms with van der Waals surface area (Å²) in [5, 5.41) is 13.5. The van der Waals surface area contributed by atoms with Gasteiger partial charge in [0, 0.05) is 23.3 Å². The van der Waals surface area contributed by atoms with Gasteiger partial charge in [0.05, 0.1) is 16.3 Å². The van der Waals surface area contributed by atoms with E-state index in [-0.39, 0.29) is 10.6 Å². The van der Waals surface area contributed by atoms with Crippen LogP contribution >= 0.6 is 0 Å². The number of hydrogen-bond donors (Lipinski definition) is 0. The normalized spacial score (nSPS) is 13.6. The molecule has 4 nitrogen and oxygen atoms in total. The molecular formula is C23H14N2O2. The maximum Gasteiger partial charge on any atom is 0.270 e. The van der Waals surface area contributed by atoms with Crippen LogP contribution in [0.1, 0.15) is 11.1 Å². The molecule has 0 heterocycles. The quantitative estimate of drug-likeness (QED) is 0.294. The summed E-state index contributed by atoms with van der Waals surface area (Å²) < 4.78 is 0. The minimum atomic E-state index is -0.364. The van der Waals surface area contributed by atoms with Gasteiger partial charge in [-0.25, -0.2) is 4.99 Å². The van der Waals surface area contributed by atoms with E-state index in [2.05, 4.69) is 12.1 Å². The van der Waals surface area contributed by atoms with Gasteiger partial charge in [0.25, 0.3) is 5.69 Å². The summed E-state index contributed by atoms with van der Waals surface area (Å²) >= 11 is 0. The SMILES string of the molecule is O=[N+]([O-])c1ccc2c(c1)C(=Nc1ccc3ccccc3c1)c1ccccc1-2. The molecule has 4 heteroatoms. The van der Waals surface area contributed by atoms with Crippen molar-refractivity contribution in [1.29, 1.82) is 0 Å². The van der Waals surface area contributed by atoms with Crippen LogP contribution in [0.2, 0.25) is 0 Å². The van der Waals surface area contributed by atoms with E-state index in [1.165, 1.54) is 0 Å². The molecule has 0 saturated carbocycles. The molecule has 0 atom stereocenters. The summed E-state index contributed by atoms with van der Waals surface area (Å²) in [4.78, 5) is 15.8. The van der Waals surface area contributed by atoms with Gasteiger partial charge in [0.1, 0.15) is 0 Å². The molecule has 0 spiro atoms. The molecule has 1 aliphatic rings. The average molecular weight is 350 g/mol. The minimum absolute atomic E-state index is 0.0766. The van der Waals surface area contributed by atoms with Crippen molar-refractivity contribution in [2.24, 2.45) is 4.99 Å². The average Bonchev–Trinajstić information content (AvgIpc) is 3.01. The Morgan fingerprint density at radius 2 is 1.37 bits per heavy atom. The summed E-state index contributed by atoms with van der Waals surface area (Å²) in [6.45, 7) is 0. The number of nitro groups is 1. The van der Waals surface area contributed by atoms with Gasteiger partial charge in [-0.1, -0.05) is 54.6 Å². The fraction of sp³-hybridized carbons (Fsp3) is 0. The molecule has 128 valence electrons. The van der Waals surface area contributed by atoms with Crippen LogP contribution in [0.3, 0.4) is 0 Å². The van der Waals surface area contributed by atoms with Crippen molar-refractivity contribution < 1.29 is 4.92 Å². The van der Waals surface area contributed by atoms with Crippen molar-refractivity contribution in [2.75, 3.05) is 0 Å².